The van der Waals surface area contributed by atoms with Crippen molar-refractivity contribution in [2.24, 2.45) is 5.92 Å². The maximum absolute atomic E-state index is 6.05. The van der Waals surface area contributed by atoms with E-state index >= 15 is 0 Å². The number of halogens is 1. The van der Waals surface area contributed by atoms with Crippen LogP contribution >= 0.6 is 11.6 Å². The number of anilines is 2. The van der Waals surface area contributed by atoms with Gasteiger partial charge in [0.05, 0.1) is 16.9 Å². The number of pyridine rings is 1. The molecule has 0 bridgehead atoms. The van der Waals surface area contributed by atoms with Crippen molar-refractivity contribution in [2.75, 3.05) is 37.2 Å². The summed E-state index contributed by atoms with van der Waals surface area (Å²) in [6.45, 7) is 6.63. The van der Waals surface area contributed by atoms with E-state index in [1.807, 2.05) is 0 Å². The molecule has 18 heavy (non-hydrogen) atoms. The summed E-state index contributed by atoms with van der Waals surface area (Å²) in [7, 11) is 0. The third-order valence-corrected chi connectivity index (χ3v) is 3.75. The maximum Gasteiger partial charge on any atom is 0.144 e. The van der Waals surface area contributed by atoms with E-state index in [2.05, 4.69) is 22.1 Å². The van der Waals surface area contributed by atoms with Crippen LogP contribution in [-0.4, -0.2) is 36.1 Å². The highest BCUT2D eigenvalue weighted by Gasteiger charge is 2.14. The molecule has 0 spiro atoms. The molecule has 1 aromatic heterocycles. The molecule has 100 valence electrons. The molecule has 0 aromatic carbocycles. The predicted octanol–water partition coefficient (Wildman–Crippen LogP) is 2.46. The summed E-state index contributed by atoms with van der Waals surface area (Å²) >= 11 is 6.05. The molecule has 0 radical (unpaired) electrons. The Kier molecular flexibility index (Phi) is 4.66. The second-order valence-corrected chi connectivity index (χ2v) is 5.46. The lowest BCUT2D eigenvalue weighted by Crippen LogP contribution is -2.36. The third kappa shape index (κ3) is 3.75. The van der Waals surface area contributed by atoms with Crippen LogP contribution in [0.15, 0.2) is 12.3 Å². The molecule has 0 atom stereocenters. The molecule has 1 aromatic rings. The maximum atomic E-state index is 6.05. The van der Waals surface area contributed by atoms with Gasteiger partial charge in [-0.05, 0) is 37.9 Å². The summed E-state index contributed by atoms with van der Waals surface area (Å²) in [5, 5.41) is 3.84. The molecular weight excluding hydrogens is 248 g/mol. The standard InChI is InChI=1S/C13H21ClN4/c1-10-2-5-18(6-3-10)7-4-16-13-12(14)8-11(15)9-17-13/h8-10H,2-7,15H2,1H3,(H,16,17). The van der Waals surface area contributed by atoms with E-state index in [0.717, 1.165) is 24.8 Å². The first-order valence-corrected chi connectivity index (χ1v) is 6.90. The van der Waals surface area contributed by atoms with Crippen molar-refractivity contribution in [3.8, 4) is 0 Å². The van der Waals surface area contributed by atoms with Gasteiger partial charge in [0, 0.05) is 13.1 Å². The van der Waals surface area contributed by atoms with E-state index in [9.17, 15) is 0 Å². The Labute approximate surface area is 114 Å². The van der Waals surface area contributed by atoms with Gasteiger partial charge < -0.3 is 16.0 Å². The SMILES string of the molecule is CC1CCN(CCNc2ncc(N)cc2Cl)CC1. The molecule has 5 heteroatoms. The number of nitrogens with two attached hydrogens (primary N) is 1. The first kappa shape index (κ1) is 13.4. The van der Waals surface area contributed by atoms with Gasteiger partial charge in [-0.1, -0.05) is 18.5 Å². The average Bonchev–Trinajstić information content (AvgIpc) is 2.34. The van der Waals surface area contributed by atoms with Crippen LogP contribution in [0.25, 0.3) is 0 Å². The Balaban J connectivity index is 1.75. The number of piperidine rings is 1. The predicted molar refractivity (Wildman–Crippen MR) is 77.0 cm³/mol. The van der Waals surface area contributed by atoms with Crippen LogP contribution in [0, 0.1) is 5.92 Å². The minimum atomic E-state index is 0.585. The molecule has 0 amide bonds. The van der Waals surface area contributed by atoms with Crippen LogP contribution in [0.3, 0.4) is 0 Å². The number of nitrogens with one attached hydrogen (secondary N) is 1. The Morgan fingerprint density at radius 3 is 2.89 bits per heavy atom. The minimum absolute atomic E-state index is 0.585. The van der Waals surface area contributed by atoms with Crippen molar-refractivity contribution in [3.05, 3.63) is 17.3 Å². The fourth-order valence-corrected chi connectivity index (χ4v) is 2.44. The molecule has 1 aliphatic heterocycles. The fraction of sp³-hybridized carbons (Fsp3) is 0.615. The molecular formula is C13H21ClN4. The molecule has 0 saturated carbocycles. The van der Waals surface area contributed by atoms with Gasteiger partial charge in [-0.25, -0.2) is 4.98 Å². The number of nitrogens with zero attached hydrogens (tertiary/aromatic N) is 2. The minimum Gasteiger partial charge on any atom is -0.397 e. The van der Waals surface area contributed by atoms with Crippen LogP contribution in [-0.2, 0) is 0 Å². The van der Waals surface area contributed by atoms with Crippen molar-refractivity contribution in [2.45, 2.75) is 19.8 Å². The van der Waals surface area contributed by atoms with Gasteiger partial charge in [0.25, 0.3) is 0 Å². The van der Waals surface area contributed by atoms with E-state index in [-0.39, 0.29) is 0 Å². The van der Waals surface area contributed by atoms with Crippen LogP contribution in [0.5, 0.6) is 0 Å². The number of likely N-dealkylation sites (tertiary alicyclic amines) is 1. The Morgan fingerprint density at radius 1 is 1.50 bits per heavy atom. The van der Waals surface area contributed by atoms with Gasteiger partial charge in [0.2, 0.25) is 0 Å². The molecule has 1 fully saturated rings. The highest BCUT2D eigenvalue weighted by Crippen LogP contribution is 2.21. The summed E-state index contributed by atoms with van der Waals surface area (Å²) in [5.74, 6) is 1.60. The van der Waals surface area contributed by atoms with Gasteiger partial charge in [-0.2, -0.15) is 0 Å². The Hall–Kier alpha value is -1.00. The average molecular weight is 269 g/mol. The van der Waals surface area contributed by atoms with E-state index in [1.54, 1.807) is 12.3 Å². The molecule has 1 saturated heterocycles. The van der Waals surface area contributed by atoms with Gasteiger partial charge >= 0.3 is 0 Å². The van der Waals surface area contributed by atoms with E-state index in [4.69, 9.17) is 17.3 Å². The van der Waals surface area contributed by atoms with Crippen molar-refractivity contribution in [3.63, 3.8) is 0 Å². The summed E-state index contributed by atoms with van der Waals surface area (Å²) in [4.78, 5) is 6.67. The van der Waals surface area contributed by atoms with E-state index < -0.39 is 0 Å². The monoisotopic (exact) mass is 268 g/mol. The molecule has 0 aliphatic carbocycles. The number of hydrogen-bond acceptors (Lipinski definition) is 4. The molecule has 0 unspecified atom stereocenters. The summed E-state index contributed by atoms with van der Waals surface area (Å²) < 4.78 is 0. The number of hydrogen-bond donors (Lipinski definition) is 2. The second-order valence-electron chi connectivity index (χ2n) is 5.05. The molecule has 4 nitrogen and oxygen atoms in total. The Morgan fingerprint density at radius 2 is 2.22 bits per heavy atom. The number of rotatable bonds is 4. The fourth-order valence-electron chi connectivity index (χ4n) is 2.20. The van der Waals surface area contributed by atoms with Gasteiger partial charge in [-0.3, -0.25) is 0 Å². The first-order chi connectivity index (χ1) is 8.65. The second kappa shape index (κ2) is 6.25. The lowest BCUT2D eigenvalue weighted by atomic mass is 9.99. The lowest BCUT2D eigenvalue weighted by molar-refractivity contribution is 0.199. The normalized spacial score (nSPS) is 17.9. The van der Waals surface area contributed by atoms with Crippen LogP contribution < -0.4 is 11.1 Å². The van der Waals surface area contributed by atoms with E-state index in [0.29, 0.717) is 10.7 Å². The summed E-state index contributed by atoms with van der Waals surface area (Å²) in [5.41, 5.74) is 6.20. The van der Waals surface area contributed by atoms with Crippen LogP contribution in [0.4, 0.5) is 11.5 Å². The highest BCUT2D eigenvalue weighted by atomic mass is 35.5. The van der Waals surface area contributed by atoms with Crippen molar-refractivity contribution < 1.29 is 0 Å². The van der Waals surface area contributed by atoms with Gasteiger partial charge in [-0.15, -0.1) is 0 Å². The van der Waals surface area contributed by atoms with Crippen LogP contribution in [0.1, 0.15) is 19.8 Å². The lowest BCUT2D eigenvalue weighted by Gasteiger charge is -2.30. The molecule has 1 aliphatic rings. The van der Waals surface area contributed by atoms with Crippen molar-refractivity contribution in [1.82, 2.24) is 9.88 Å². The highest BCUT2D eigenvalue weighted by molar-refractivity contribution is 6.33. The topological polar surface area (TPSA) is 54.2 Å². The van der Waals surface area contributed by atoms with Crippen molar-refractivity contribution >= 4 is 23.1 Å². The van der Waals surface area contributed by atoms with Gasteiger partial charge in [0.1, 0.15) is 5.82 Å². The zero-order valence-corrected chi connectivity index (χ0v) is 11.6. The molecule has 2 rings (SSSR count). The number of nitrogen functional groups attached to an aromatic ring is 1. The van der Waals surface area contributed by atoms with E-state index in [1.165, 1.54) is 25.9 Å². The largest absolute Gasteiger partial charge is 0.397 e. The smallest absolute Gasteiger partial charge is 0.144 e. The third-order valence-electron chi connectivity index (χ3n) is 3.46. The summed E-state index contributed by atoms with van der Waals surface area (Å²) in [6.07, 6.45) is 4.23. The van der Waals surface area contributed by atoms with Gasteiger partial charge in [0.15, 0.2) is 0 Å². The summed E-state index contributed by atoms with van der Waals surface area (Å²) in [6, 6.07) is 1.72. The molecule has 2 heterocycles. The quantitative estimate of drug-likeness (QED) is 0.881. The zero-order valence-electron chi connectivity index (χ0n) is 10.8. The van der Waals surface area contributed by atoms with Crippen LogP contribution in [0.2, 0.25) is 5.02 Å². The Bertz CT molecular complexity index is 389. The van der Waals surface area contributed by atoms with Crippen molar-refractivity contribution in [1.29, 1.82) is 0 Å². The molecule has 3 N–H and O–H groups in total. The zero-order chi connectivity index (χ0) is 13.0. The number of aromatic nitrogens is 1. The first-order valence-electron chi connectivity index (χ1n) is 6.52.